The highest BCUT2D eigenvalue weighted by Crippen LogP contribution is 2.47. The molecule has 2 aliphatic rings. The standard InChI is InChI=1S/C23H45NO7/c1-9-10-11-12-24-13-14-17(15(25)16(26)19(28-14)30-21(2,3)4)29-20-18(27)22(5,6)23(7,8)31-20/h14-20,24-27H,9-13H2,1-8H3. The Bertz CT molecular complexity index is 563. The second kappa shape index (κ2) is 10.3. The predicted molar refractivity (Wildman–Crippen MR) is 118 cm³/mol. The van der Waals surface area contributed by atoms with Crippen LogP contribution in [0.3, 0.4) is 0 Å². The summed E-state index contributed by atoms with van der Waals surface area (Å²) in [4.78, 5) is 0. The van der Waals surface area contributed by atoms with Crippen LogP contribution in [0, 0.1) is 5.41 Å². The fourth-order valence-corrected chi connectivity index (χ4v) is 3.89. The van der Waals surface area contributed by atoms with E-state index in [1.165, 1.54) is 0 Å². The molecular weight excluding hydrogens is 402 g/mol. The average molecular weight is 448 g/mol. The molecule has 0 aromatic carbocycles. The predicted octanol–water partition coefficient (Wildman–Crippen LogP) is 1.94. The van der Waals surface area contributed by atoms with Crippen LogP contribution in [0.1, 0.15) is 74.7 Å². The first-order chi connectivity index (χ1) is 14.2. The first-order valence-electron chi connectivity index (χ1n) is 11.6. The quantitative estimate of drug-likeness (QED) is 0.397. The van der Waals surface area contributed by atoms with E-state index >= 15 is 0 Å². The molecule has 0 saturated carbocycles. The normalized spacial score (nSPS) is 37.8. The number of hydrogen-bond acceptors (Lipinski definition) is 8. The van der Waals surface area contributed by atoms with Gasteiger partial charge in [0.15, 0.2) is 12.6 Å². The van der Waals surface area contributed by atoms with E-state index in [0.29, 0.717) is 6.54 Å². The molecule has 2 heterocycles. The van der Waals surface area contributed by atoms with E-state index in [-0.39, 0.29) is 0 Å². The maximum Gasteiger partial charge on any atom is 0.187 e. The third-order valence-corrected chi connectivity index (χ3v) is 6.66. The van der Waals surface area contributed by atoms with Crippen LogP contribution in [0.25, 0.3) is 0 Å². The van der Waals surface area contributed by atoms with Gasteiger partial charge in [-0.15, -0.1) is 0 Å². The molecule has 2 rings (SSSR count). The molecule has 8 nitrogen and oxygen atoms in total. The van der Waals surface area contributed by atoms with Crippen molar-refractivity contribution in [1.29, 1.82) is 0 Å². The molecule has 0 spiro atoms. The first-order valence-corrected chi connectivity index (χ1v) is 11.6. The Morgan fingerprint density at radius 3 is 2.13 bits per heavy atom. The van der Waals surface area contributed by atoms with E-state index in [4.69, 9.17) is 18.9 Å². The summed E-state index contributed by atoms with van der Waals surface area (Å²) in [6.45, 7) is 16.6. The molecule has 0 aromatic rings. The zero-order valence-electron chi connectivity index (χ0n) is 20.6. The van der Waals surface area contributed by atoms with Crippen LogP contribution < -0.4 is 5.32 Å². The number of ether oxygens (including phenoxy) is 4. The van der Waals surface area contributed by atoms with Crippen molar-refractivity contribution in [2.45, 2.75) is 129 Å². The largest absolute Gasteiger partial charge is 0.387 e. The number of nitrogens with one attached hydrogen (secondary N) is 1. The molecule has 7 unspecified atom stereocenters. The van der Waals surface area contributed by atoms with Crippen LogP contribution in [0.5, 0.6) is 0 Å². The molecule has 0 bridgehead atoms. The van der Waals surface area contributed by atoms with Crippen molar-refractivity contribution in [3.8, 4) is 0 Å². The van der Waals surface area contributed by atoms with Gasteiger partial charge in [0.25, 0.3) is 0 Å². The van der Waals surface area contributed by atoms with Crippen LogP contribution in [-0.2, 0) is 18.9 Å². The van der Waals surface area contributed by atoms with Crippen LogP contribution in [0.4, 0.5) is 0 Å². The average Bonchev–Trinajstić information content (AvgIpc) is 2.80. The van der Waals surface area contributed by atoms with Crippen molar-refractivity contribution >= 4 is 0 Å². The first kappa shape index (κ1) is 26.9. The number of aliphatic hydroxyl groups excluding tert-OH is 3. The van der Waals surface area contributed by atoms with Gasteiger partial charge in [-0.2, -0.15) is 0 Å². The zero-order chi connectivity index (χ0) is 23.6. The van der Waals surface area contributed by atoms with Crippen molar-refractivity contribution in [2.24, 2.45) is 5.41 Å². The Morgan fingerprint density at radius 2 is 1.61 bits per heavy atom. The van der Waals surface area contributed by atoms with Gasteiger partial charge in [-0.3, -0.25) is 0 Å². The molecule has 0 aromatic heterocycles. The summed E-state index contributed by atoms with van der Waals surface area (Å²) < 4.78 is 24.0. The molecule has 31 heavy (non-hydrogen) atoms. The molecule has 184 valence electrons. The van der Waals surface area contributed by atoms with Gasteiger partial charge < -0.3 is 39.6 Å². The van der Waals surface area contributed by atoms with Crippen LogP contribution >= 0.6 is 0 Å². The summed E-state index contributed by atoms with van der Waals surface area (Å²) >= 11 is 0. The number of aliphatic hydroxyl groups is 3. The van der Waals surface area contributed by atoms with E-state index in [0.717, 1.165) is 25.8 Å². The minimum absolute atomic E-state index is 0.414. The monoisotopic (exact) mass is 447 g/mol. The summed E-state index contributed by atoms with van der Waals surface area (Å²) in [6.07, 6.45) is -3.56. The topological polar surface area (TPSA) is 110 Å². The highest BCUT2D eigenvalue weighted by Gasteiger charge is 2.57. The van der Waals surface area contributed by atoms with Gasteiger partial charge in [0.2, 0.25) is 0 Å². The number of unbranched alkanes of at least 4 members (excludes halogenated alkanes) is 2. The molecule has 7 atom stereocenters. The van der Waals surface area contributed by atoms with Crippen molar-refractivity contribution in [1.82, 2.24) is 5.32 Å². The molecular formula is C23H45NO7. The Balaban J connectivity index is 2.15. The van der Waals surface area contributed by atoms with E-state index < -0.39 is 59.7 Å². The summed E-state index contributed by atoms with van der Waals surface area (Å²) in [5, 5.41) is 35.8. The van der Waals surface area contributed by atoms with Crippen LogP contribution in [0.15, 0.2) is 0 Å². The Morgan fingerprint density at radius 1 is 0.968 bits per heavy atom. The number of rotatable bonds is 9. The highest BCUT2D eigenvalue weighted by molar-refractivity contribution is 5.02. The lowest BCUT2D eigenvalue weighted by atomic mass is 9.75. The Hall–Kier alpha value is -0.320. The summed E-state index contributed by atoms with van der Waals surface area (Å²) in [7, 11) is 0. The second-order valence-electron chi connectivity index (χ2n) is 10.9. The fraction of sp³-hybridized carbons (Fsp3) is 1.00. The van der Waals surface area contributed by atoms with Gasteiger partial charge in [-0.05, 0) is 47.6 Å². The van der Waals surface area contributed by atoms with Crippen LogP contribution in [-0.4, -0.2) is 82.7 Å². The molecule has 2 saturated heterocycles. The molecule has 0 aliphatic carbocycles. The lowest BCUT2D eigenvalue weighted by Gasteiger charge is -2.45. The smallest absolute Gasteiger partial charge is 0.187 e. The van der Waals surface area contributed by atoms with Crippen LogP contribution in [0.2, 0.25) is 0 Å². The van der Waals surface area contributed by atoms with E-state index in [2.05, 4.69) is 12.2 Å². The van der Waals surface area contributed by atoms with Gasteiger partial charge in [0.1, 0.15) is 30.5 Å². The Labute approximate surface area is 187 Å². The van der Waals surface area contributed by atoms with Gasteiger partial charge >= 0.3 is 0 Å². The minimum atomic E-state index is -1.29. The Kier molecular flexibility index (Phi) is 8.95. The van der Waals surface area contributed by atoms with Crippen molar-refractivity contribution in [2.75, 3.05) is 13.1 Å². The summed E-state index contributed by atoms with van der Waals surface area (Å²) in [6, 6.07) is 0. The van der Waals surface area contributed by atoms with Gasteiger partial charge in [-0.1, -0.05) is 33.6 Å². The third kappa shape index (κ3) is 6.38. The SMILES string of the molecule is CCCCCNCC1OC(OC(C)(C)C)C(O)C(O)C1OC1OC(C)(C)C(C)(C)C1O. The maximum absolute atomic E-state index is 10.9. The second-order valence-corrected chi connectivity index (χ2v) is 10.9. The zero-order valence-corrected chi connectivity index (χ0v) is 20.6. The molecule has 2 fully saturated rings. The minimum Gasteiger partial charge on any atom is -0.387 e. The van der Waals surface area contributed by atoms with Gasteiger partial charge in [0, 0.05) is 12.0 Å². The summed E-state index contributed by atoms with van der Waals surface area (Å²) in [5.41, 5.74) is -1.73. The lowest BCUT2D eigenvalue weighted by Crippen LogP contribution is -2.63. The highest BCUT2D eigenvalue weighted by atomic mass is 16.7. The van der Waals surface area contributed by atoms with Gasteiger partial charge in [0.05, 0.1) is 11.2 Å². The summed E-state index contributed by atoms with van der Waals surface area (Å²) in [5.74, 6) is 0. The van der Waals surface area contributed by atoms with Crippen molar-refractivity contribution in [3.05, 3.63) is 0 Å². The van der Waals surface area contributed by atoms with Gasteiger partial charge in [-0.25, -0.2) is 0 Å². The van der Waals surface area contributed by atoms with Crippen molar-refractivity contribution < 1.29 is 34.3 Å². The third-order valence-electron chi connectivity index (χ3n) is 6.66. The van der Waals surface area contributed by atoms with E-state index in [1.807, 2.05) is 48.5 Å². The molecule has 0 amide bonds. The van der Waals surface area contributed by atoms with E-state index in [1.54, 1.807) is 0 Å². The maximum atomic E-state index is 10.9. The lowest BCUT2D eigenvalue weighted by molar-refractivity contribution is -0.340. The fourth-order valence-electron chi connectivity index (χ4n) is 3.89. The van der Waals surface area contributed by atoms with Crippen molar-refractivity contribution in [3.63, 3.8) is 0 Å². The molecule has 8 heteroatoms. The van der Waals surface area contributed by atoms with E-state index in [9.17, 15) is 15.3 Å². The number of hydrogen-bond donors (Lipinski definition) is 4. The molecule has 2 aliphatic heterocycles. The molecule has 0 radical (unpaired) electrons. The molecule has 4 N–H and O–H groups in total.